The normalized spacial score (nSPS) is 16.5. The van der Waals surface area contributed by atoms with Crippen molar-refractivity contribution < 1.29 is 14.3 Å². The van der Waals surface area contributed by atoms with Crippen LogP contribution in [0.15, 0.2) is 18.2 Å². The van der Waals surface area contributed by atoms with Gasteiger partial charge in [0.1, 0.15) is 17.5 Å². The summed E-state index contributed by atoms with van der Waals surface area (Å²) in [6, 6.07) is 6.19. The average molecular weight is 334 g/mol. The van der Waals surface area contributed by atoms with E-state index in [2.05, 4.69) is 30.5 Å². The van der Waals surface area contributed by atoms with Crippen LogP contribution in [-0.4, -0.2) is 30.9 Å². The topological polar surface area (TPSA) is 59.6 Å². The van der Waals surface area contributed by atoms with E-state index in [4.69, 9.17) is 9.47 Å². The summed E-state index contributed by atoms with van der Waals surface area (Å²) in [4.78, 5) is 11.7. The number of fused-ring (bicyclic) bond motifs is 1. The fraction of sp³-hybridized carbons (Fsp3) is 0.632. The summed E-state index contributed by atoms with van der Waals surface area (Å²) in [6.07, 6.45) is 1.50. The fourth-order valence-electron chi connectivity index (χ4n) is 2.56. The zero-order valence-electron chi connectivity index (χ0n) is 15.4. The van der Waals surface area contributed by atoms with Crippen molar-refractivity contribution in [2.24, 2.45) is 5.92 Å². The highest BCUT2D eigenvalue weighted by atomic mass is 16.6. The van der Waals surface area contributed by atoms with E-state index in [0.29, 0.717) is 12.5 Å². The standard InChI is InChI=1S/C19H30N2O3/c1-13(2)8-9-20-15-6-7-17-14(10-15)11-16(23-17)12-21-18(22)24-19(3,4)5/h6-7,10,13,16,20H,8-9,11-12H2,1-5H3,(H,21,22). The van der Waals surface area contributed by atoms with E-state index in [1.165, 1.54) is 5.56 Å². The number of alkyl carbamates (subject to hydrolysis) is 1. The van der Waals surface area contributed by atoms with Gasteiger partial charge in [-0.3, -0.25) is 0 Å². The molecule has 1 aliphatic heterocycles. The average Bonchev–Trinajstić information content (AvgIpc) is 2.85. The highest BCUT2D eigenvalue weighted by Gasteiger charge is 2.24. The molecule has 0 radical (unpaired) electrons. The second-order valence-electron chi connectivity index (χ2n) is 7.76. The van der Waals surface area contributed by atoms with E-state index in [0.717, 1.165) is 30.8 Å². The fourth-order valence-corrected chi connectivity index (χ4v) is 2.56. The lowest BCUT2D eigenvalue weighted by Crippen LogP contribution is -2.38. The summed E-state index contributed by atoms with van der Waals surface area (Å²) in [5.74, 6) is 1.60. The van der Waals surface area contributed by atoms with Crippen molar-refractivity contribution in [3.05, 3.63) is 23.8 Å². The Hall–Kier alpha value is -1.91. The van der Waals surface area contributed by atoms with Gasteiger partial charge in [0.25, 0.3) is 0 Å². The zero-order chi connectivity index (χ0) is 17.7. The van der Waals surface area contributed by atoms with Gasteiger partial charge in [0.05, 0.1) is 6.54 Å². The van der Waals surface area contributed by atoms with Crippen molar-refractivity contribution in [3.8, 4) is 5.75 Å². The molecule has 0 spiro atoms. The molecule has 0 aromatic heterocycles. The second kappa shape index (κ2) is 7.77. The molecule has 0 aliphatic carbocycles. The van der Waals surface area contributed by atoms with Crippen LogP contribution in [0.5, 0.6) is 5.75 Å². The molecule has 1 aromatic rings. The minimum atomic E-state index is -0.486. The molecule has 24 heavy (non-hydrogen) atoms. The summed E-state index contributed by atoms with van der Waals surface area (Å²) in [5.41, 5.74) is 1.82. The molecule has 2 N–H and O–H groups in total. The van der Waals surface area contributed by atoms with Crippen molar-refractivity contribution >= 4 is 11.8 Å². The van der Waals surface area contributed by atoms with Crippen LogP contribution in [0.3, 0.4) is 0 Å². The number of anilines is 1. The first kappa shape index (κ1) is 18.4. The predicted octanol–water partition coefficient (Wildman–Crippen LogP) is 3.97. The molecule has 5 heteroatoms. The molecule has 134 valence electrons. The molecule has 1 amide bonds. The van der Waals surface area contributed by atoms with Gasteiger partial charge in [0.2, 0.25) is 0 Å². The van der Waals surface area contributed by atoms with Crippen molar-refractivity contribution in [1.29, 1.82) is 0 Å². The number of rotatable bonds is 6. The van der Waals surface area contributed by atoms with Crippen molar-refractivity contribution in [1.82, 2.24) is 5.32 Å². The van der Waals surface area contributed by atoms with Gasteiger partial charge in [-0.15, -0.1) is 0 Å². The highest BCUT2D eigenvalue weighted by Crippen LogP contribution is 2.31. The van der Waals surface area contributed by atoms with Gasteiger partial charge < -0.3 is 20.1 Å². The number of hydrogen-bond acceptors (Lipinski definition) is 4. The molecule has 0 bridgehead atoms. The molecule has 0 saturated carbocycles. The maximum Gasteiger partial charge on any atom is 0.407 e. The van der Waals surface area contributed by atoms with Gasteiger partial charge in [-0.1, -0.05) is 13.8 Å². The summed E-state index contributed by atoms with van der Waals surface area (Å²) in [7, 11) is 0. The first-order valence-corrected chi connectivity index (χ1v) is 8.73. The minimum Gasteiger partial charge on any atom is -0.488 e. The molecular weight excluding hydrogens is 304 g/mol. The lowest BCUT2D eigenvalue weighted by molar-refractivity contribution is 0.0506. The summed E-state index contributed by atoms with van der Waals surface area (Å²) in [6.45, 7) is 11.4. The molecule has 1 aliphatic rings. The van der Waals surface area contributed by atoms with Gasteiger partial charge in [-0.05, 0) is 56.9 Å². The van der Waals surface area contributed by atoms with Gasteiger partial charge in [-0.25, -0.2) is 4.79 Å². The van der Waals surface area contributed by atoms with E-state index in [1.807, 2.05) is 32.9 Å². The molecule has 1 aromatic carbocycles. The molecular formula is C19H30N2O3. The van der Waals surface area contributed by atoms with Crippen LogP contribution in [0.25, 0.3) is 0 Å². The van der Waals surface area contributed by atoms with Crippen LogP contribution in [0, 0.1) is 5.92 Å². The van der Waals surface area contributed by atoms with Crippen molar-refractivity contribution in [3.63, 3.8) is 0 Å². The Morgan fingerprint density at radius 2 is 2.12 bits per heavy atom. The lowest BCUT2D eigenvalue weighted by atomic mass is 10.1. The maximum absolute atomic E-state index is 11.7. The third-order valence-corrected chi connectivity index (χ3v) is 3.73. The summed E-state index contributed by atoms with van der Waals surface area (Å²) >= 11 is 0. The Morgan fingerprint density at radius 3 is 2.79 bits per heavy atom. The van der Waals surface area contributed by atoms with Gasteiger partial charge in [0.15, 0.2) is 0 Å². The Labute approximate surface area is 145 Å². The first-order chi connectivity index (χ1) is 11.2. The Morgan fingerprint density at radius 1 is 1.38 bits per heavy atom. The second-order valence-corrected chi connectivity index (χ2v) is 7.76. The monoisotopic (exact) mass is 334 g/mol. The summed E-state index contributed by atoms with van der Waals surface area (Å²) in [5, 5.41) is 6.23. The van der Waals surface area contributed by atoms with Crippen molar-refractivity contribution in [2.75, 3.05) is 18.4 Å². The molecule has 1 unspecified atom stereocenters. The SMILES string of the molecule is CC(C)CCNc1ccc2c(c1)CC(CNC(=O)OC(C)(C)C)O2. The lowest BCUT2D eigenvalue weighted by Gasteiger charge is -2.20. The Balaban J connectivity index is 1.80. The first-order valence-electron chi connectivity index (χ1n) is 8.73. The van der Waals surface area contributed by atoms with Gasteiger partial charge >= 0.3 is 6.09 Å². The molecule has 5 nitrogen and oxygen atoms in total. The Bertz CT molecular complexity index is 564. The van der Waals surface area contributed by atoms with E-state index < -0.39 is 11.7 Å². The van der Waals surface area contributed by atoms with E-state index >= 15 is 0 Å². The van der Waals surface area contributed by atoms with Crippen LogP contribution in [0.1, 0.15) is 46.6 Å². The third kappa shape index (κ3) is 5.95. The van der Waals surface area contributed by atoms with E-state index in [1.54, 1.807) is 0 Å². The van der Waals surface area contributed by atoms with Crippen molar-refractivity contribution in [2.45, 2.75) is 59.2 Å². The van der Waals surface area contributed by atoms with Crippen LogP contribution >= 0.6 is 0 Å². The quantitative estimate of drug-likeness (QED) is 0.826. The van der Waals surface area contributed by atoms with Crippen LogP contribution in [0.4, 0.5) is 10.5 Å². The maximum atomic E-state index is 11.7. The van der Waals surface area contributed by atoms with Crippen LogP contribution in [-0.2, 0) is 11.2 Å². The minimum absolute atomic E-state index is 0.0431. The largest absolute Gasteiger partial charge is 0.488 e. The van der Waals surface area contributed by atoms with Crippen LogP contribution < -0.4 is 15.4 Å². The number of ether oxygens (including phenoxy) is 2. The van der Waals surface area contributed by atoms with E-state index in [-0.39, 0.29) is 6.10 Å². The summed E-state index contributed by atoms with van der Waals surface area (Å²) < 4.78 is 11.1. The number of nitrogens with one attached hydrogen (secondary N) is 2. The number of amides is 1. The number of hydrogen-bond donors (Lipinski definition) is 2. The van der Waals surface area contributed by atoms with Crippen LogP contribution in [0.2, 0.25) is 0 Å². The zero-order valence-corrected chi connectivity index (χ0v) is 15.4. The smallest absolute Gasteiger partial charge is 0.407 e. The highest BCUT2D eigenvalue weighted by molar-refractivity contribution is 5.67. The molecule has 0 saturated heterocycles. The van der Waals surface area contributed by atoms with E-state index in [9.17, 15) is 4.79 Å². The van der Waals surface area contributed by atoms with Gasteiger partial charge in [0, 0.05) is 18.7 Å². The number of benzene rings is 1. The predicted molar refractivity (Wildman–Crippen MR) is 96.7 cm³/mol. The van der Waals surface area contributed by atoms with Gasteiger partial charge in [-0.2, -0.15) is 0 Å². The Kier molecular flexibility index (Phi) is 5.97. The molecule has 1 atom stereocenters. The molecule has 0 fully saturated rings. The molecule has 2 rings (SSSR count). The number of carbonyl (C=O) groups excluding carboxylic acids is 1. The third-order valence-electron chi connectivity index (χ3n) is 3.73. The number of carbonyl (C=O) groups is 1. The molecule has 1 heterocycles.